The molecule has 4 rings (SSSR count). The number of benzene rings is 3. The van der Waals surface area contributed by atoms with Gasteiger partial charge >= 0.3 is 0 Å². The predicted molar refractivity (Wildman–Crippen MR) is 85.6 cm³/mol. The largest absolute Gasteiger partial charge is 0.508 e. The smallest absolute Gasteiger partial charge is 0.198 e. The Bertz CT molecular complexity index is 1040. The first-order chi connectivity index (χ1) is 11.0. The van der Waals surface area contributed by atoms with Crippen molar-refractivity contribution in [1.29, 1.82) is 0 Å². The van der Waals surface area contributed by atoms with Crippen LogP contribution in [0.5, 0.6) is 11.5 Å². The SMILES string of the molecule is O=C1c2ccc(O)cc2C(=O)c2c1c(O)c1ccccc1c2Cl. The molecule has 0 bridgehead atoms. The summed E-state index contributed by atoms with van der Waals surface area (Å²) in [7, 11) is 0. The molecule has 0 unspecified atom stereocenters. The molecule has 3 aromatic rings. The van der Waals surface area contributed by atoms with Gasteiger partial charge in [-0.15, -0.1) is 0 Å². The minimum Gasteiger partial charge on any atom is -0.508 e. The van der Waals surface area contributed by atoms with Crippen molar-refractivity contribution < 1.29 is 19.8 Å². The van der Waals surface area contributed by atoms with Gasteiger partial charge in [0.05, 0.1) is 16.1 Å². The summed E-state index contributed by atoms with van der Waals surface area (Å²) < 4.78 is 0. The van der Waals surface area contributed by atoms with Crippen LogP contribution < -0.4 is 0 Å². The maximum atomic E-state index is 12.8. The van der Waals surface area contributed by atoms with Crippen LogP contribution in [0.15, 0.2) is 42.5 Å². The molecule has 0 atom stereocenters. The first kappa shape index (κ1) is 13.8. The molecule has 0 fully saturated rings. The number of ketones is 2. The number of carbonyl (C=O) groups excluding carboxylic acids is 2. The van der Waals surface area contributed by atoms with E-state index in [-0.39, 0.29) is 38.8 Å². The van der Waals surface area contributed by atoms with E-state index in [2.05, 4.69) is 0 Å². The Morgan fingerprint density at radius 1 is 0.783 bits per heavy atom. The Labute approximate surface area is 135 Å². The molecule has 4 nitrogen and oxygen atoms in total. The number of rotatable bonds is 0. The third-order valence-electron chi connectivity index (χ3n) is 4.07. The van der Waals surface area contributed by atoms with Crippen LogP contribution >= 0.6 is 11.6 Å². The highest BCUT2D eigenvalue weighted by Gasteiger charge is 2.35. The summed E-state index contributed by atoms with van der Waals surface area (Å²) in [5, 5.41) is 21.1. The van der Waals surface area contributed by atoms with Gasteiger partial charge in [0.1, 0.15) is 11.5 Å². The fourth-order valence-electron chi connectivity index (χ4n) is 3.00. The van der Waals surface area contributed by atoms with Crippen molar-refractivity contribution in [1.82, 2.24) is 0 Å². The lowest BCUT2D eigenvalue weighted by Crippen LogP contribution is -2.21. The van der Waals surface area contributed by atoms with Crippen molar-refractivity contribution in [3.05, 3.63) is 69.7 Å². The van der Waals surface area contributed by atoms with E-state index < -0.39 is 11.6 Å². The topological polar surface area (TPSA) is 74.6 Å². The third kappa shape index (κ3) is 1.72. The first-order valence-corrected chi connectivity index (χ1v) is 7.24. The third-order valence-corrected chi connectivity index (χ3v) is 4.46. The Morgan fingerprint density at radius 3 is 2.17 bits per heavy atom. The molecule has 0 radical (unpaired) electrons. The number of fused-ring (bicyclic) bond motifs is 3. The van der Waals surface area contributed by atoms with Crippen LogP contribution in [0.4, 0.5) is 0 Å². The van der Waals surface area contributed by atoms with Crippen molar-refractivity contribution in [2.45, 2.75) is 0 Å². The van der Waals surface area contributed by atoms with Crippen molar-refractivity contribution >= 4 is 33.9 Å². The molecule has 0 aliphatic heterocycles. The Morgan fingerprint density at radius 2 is 1.43 bits per heavy atom. The standard InChI is InChI=1S/C18H9ClO4/c19-15-9-3-1-2-4-10(9)16(21)14-13(15)18(23)12-7-8(20)5-6-11(12)17(14)22/h1-7,20-21H. The first-order valence-electron chi connectivity index (χ1n) is 6.86. The van der Waals surface area contributed by atoms with Gasteiger partial charge in [0.15, 0.2) is 11.6 Å². The second kappa shape index (κ2) is 4.57. The summed E-state index contributed by atoms with van der Waals surface area (Å²) in [6.45, 7) is 0. The molecule has 0 aromatic heterocycles. The zero-order valence-corrected chi connectivity index (χ0v) is 12.4. The molecule has 112 valence electrons. The number of halogens is 1. The van der Waals surface area contributed by atoms with Crippen LogP contribution in [0.2, 0.25) is 5.02 Å². The van der Waals surface area contributed by atoms with Crippen LogP contribution in [-0.4, -0.2) is 21.8 Å². The summed E-state index contributed by atoms with van der Waals surface area (Å²) >= 11 is 6.35. The van der Waals surface area contributed by atoms with Gasteiger partial charge in [-0.2, -0.15) is 0 Å². The molecular weight excluding hydrogens is 316 g/mol. The average molecular weight is 325 g/mol. The van der Waals surface area contributed by atoms with E-state index in [0.29, 0.717) is 10.8 Å². The zero-order chi connectivity index (χ0) is 16.3. The fourth-order valence-corrected chi connectivity index (χ4v) is 3.35. The van der Waals surface area contributed by atoms with Crippen LogP contribution in [0.1, 0.15) is 31.8 Å². The average Bonchev–Trinajstić information content (AvgIpc) is 2.56. The molecule has 23 heavy (non-hydrogen) atoms. The van der Waals surface area contributed by atoms with Gasteiger partial charge in [-0.1, -0.05) is 35.9 Å². The van der Waals surface area contributed by atoms with Gasteiger partial charge in [0.2, 0.25) is 0 Å². The lowest BCUT2D eigenvalue weighted by atomic mass is 9.82. The number of hydrogen-bond acceptors (Lipinski definition) is 4. The fraction of sp³-hybridized carbons (Fsp3) is 0. The lowest BCUT2D eigenvalue weighted by Gasteiger charge is -2.21. The van der Waals surface area contributed by atoms with Crippen molar-refractivity contribution in [3.8, 4) is 11.5 Å². The molecule has 1 aliphatic carbocycles. The van der Waals surface area contributed by atoms with Crippen LogP contribution in [0, 0.1) is 0 Å². The van der Waals surface area contributed by atoms with Gasteiger partial charge in [0, 0.05) is 21.9 Å². The van der Waals surface area contributed by atoms with Crippen LogP contribution in [-0.2, 0) is 0 Å². The van der Waals surface area contributed by atoms with E-state index in [1.165, 1.54) is 18.2 Å². The zero-order valence-electron chi connectivity index (χ0n) is 11.6. The van der Waals surface area contributed by atoms with Crippen LogP contribution in [0.3, 0.4) is 0 Å². The molecule has 1 aliphatic rings. The van der Waals surface area contributed by atoms with E-state index in [4.69, 9.17) is 11.6 Å². The van der Waals surface area contributed by atoms with Gasteiger partial charge in [-0.05, 0) is 18.2 Å². The molecule has 2 N–H and O–H groups in total. The number of carbonyl (C=O) groups is 2. The highest BCUT2D eigenvalue weighted by atomic mass is 35.5. The minimum absolute atomic E-state index is 0.0223. The maximum absolute atomic E-state index is 12.8. The summed E-state index contributed by atoms with van der Waals surface area (Å²) in [5.74, 6) is -1.34. The van der Waals surface area contributed by atoms with Gasteiger partial charge < -0.3 is 10.2 Å². The molecule has 0 amide bonds. The summed E-state index contributed by atoms with van der Waals surface area (Å²) in [5.41, 5.74) is 0.115. The maximum Gasteiger partial charge on any atom is 0.198 e. The Hall–Kier alpha value is -2.85. The molecule has 0 spiro atoms. The quantitative estimate of drug-likeness (QED) is 0.517. The summed E-state index contributed by atoms with van der Waals surface area (Å²) in [6, 6.07) is 10.7. The molecule has 5 heteroatoms. The van der Waals surface area contributed by atoms with Gasteiger partial charge in [-0.3, -0.25) is 9.59 Å². The van der Waals surface area contributed by atoms with Gasteiger partial charge in [-0.25, -0.2) is 0 Å². The molecule has 0 saturated carbocycles. The van der Waals surface area contributed by atoms with E-state index in [1.807, 2.05) is 0 Å². The van der Waals surface area contributed by atoms with E-state index in [9.17, 15) is 19.8 Å². The normalized spacial score (nSPS) is 13.1. The molecule has 0 saturated heterocycles. The molecule has 0 heterocycles. The van der Waals surface area contributed by atoms with Crippen molar-refractivity contribution in [3.63, 3.8) is 0 Å². The van der Waals surface area contributed by atoms with E-state index >= 15 is 0 Å². The Kier molecular flexibility index (Phi) is 2.74. The second-order valence-corrected chi connectivity index (χ2v) is 5.72. The monoisotopic (exact) mass is 324 g/mol. The van der Waals surface area contributed by atoms with E-state index in [0.717, 1.165) is 0 Å². The minimum atomic E-state index is -0.489. The number of phenolic OH excluding ortho intramolecular Hbond substituents is 2. The highest BCUT2D eigenvalue weighted by molar-refractivity contribution is 6.43. The highest BCUT2D eigenvalue weighted by Crippen LogP contribution is 2.43. The summed E-state index contributed by atoms with van der Waals surface area (Å²) in [6.07, 6.45) is 0. The molecular formula is C18H9ClO4. The van der Waals surface area contributed by atoms with Crippen molar-refractivity contribution in [2.75, 3.05) is 0 Å². The van der Waals surface area contributed by atoms with E-state index in [1.54, 1.807) is 24.3 Å². The lowest BCUT2D eigenvalue weighted by molar-refractivity contribution is 0.0977. The molecule has 3 aromatic carbocycles. The predicted octanol–water partition coefficient (Wildman–Crippen LogP) is 3.68. The number of phenols is 2. The van der Waals surface area contributed by atoms with Gasteiger partial charge in [0.25, 0.3) is 0 Å². The van der Waals surface area contributed by atoms with Crippen molar-refractivity contribution in [2.24, 2.45) is 0 Å². The summed E-state index contributed by atoms with van der Waals surface area (Å²) in [4.78, 5) is 25.5. The second-order valence-electron chi connectivity index (χ2n) is 5.35. The number of aromatic hydroxyl groups is 2. The number of hydrogen-bond donors (Lipinski definition) is 2. The Balaban J connectivity index is 2.17. The van der Waals surface area contributed by atoms with Crippen LogP contribution in [0.25, 0.3) is 10.8 Å².